The van der Waals surface area contributed by atoms with Gasteiger partial charge in [-0.15, -0.1) is 11.3 Å². The highest BCUT2D eigenvalue weighted by Gasteiger charge is 2.14. The number of nitrogens with zero attached hydrogens (tertiary/aromatic N) is 2. The Hall–Kier alpha value is -3.19. The molecule has 0 fully saturated rings. The standard InChI is InChI=1S/C19H17N3O3S/c1-13(19(20)24)25-17(23)10-9-14-12-22(15-6-3-2-4-7-15)21-18(14)16-8-5-11-26-16/h2-13H,1H3,(H2,20,24). The number of carbonyl (C=O) groups is 2. The molecule has 3 rings (SSSR count). The second-order valence-corrected chi connectivity index (χ2v) is 6.45. The van der Waals surface area contributed by atoms with Crippen LogP contribution in [0.4, 0.5) is 0 Å². The first-order chi connectivity index (χ1) is 12.5. The lowest BCUT2D eigenvalue weighted by atomic mass is 10.2. The molecule has 0 aliphatic rings. The van der Waals surface area contributed by atoms with Crippen LogP contribution in [0.3, 0.4) is 0 Å². The molecule has 2 aromatic heterocycles. The van der Waals surface area contributed by atoms with Crippen LogP contribution in [0.1, 0.15) is 12.5 Å². The number of ether oxygens (including phenoxy) is 1. The van der Waals surface area contributed by atoms with E-state index in [9.17, 15) is 9.59 Å². The molecular formula is C19H17N3O3S. The van der Waals surface area contributed by atoms with E-state index in [1.807, 2.05) is 54.0 Å². The monoisotopic (exact) mass is 367 g/mol. The van der Waals surface area contributed by atoms with Gasteiger partial charge in [-0.3, -0.25) is 4.79 Å². The van der Waals surface area contributed by atoms with Crippen LogP contribution in [0.25, 0.3) is 22.3 Å². The number of hydrogen-bond acceptors (Lipinski definition) is 5. The number of primary amides is 1. The molecule has 1 amide bonds. The van der Waals surface area contributed by atoms with Crippen LogP contribution in [-0.4, -0.2) is 27.8 Å². The number of carbonyl (C=O) groups excluding carboxylic acids is 2. The zero-order chi connectivity index (χ0) is 18.5. The van der Waals surface area contributed by atoms with E-state index in [-0.39, 0.29) is 0 Å². The lowest BCUT2D eigenvalue weighted by Gasteiger charge is -2.06. The number of nitrogens with two attached hydrogens (primary N) is 1. The summed E-state index contributed by atoms with van der Waals surface area (Å²) in [5.41, 5.74) is 7.53. The van der Waals surface area contributed by atoms with Crippen molar-refractivity contribution in [3.05, 3.63) is 65.7 Å². The summed E-state index contributed by atoms with van der Waals surface area (Å²) in [6.45, 7) is 1.43. The minimum absolute atomic E-state index is 0.638. The Labute approximate surface area is 154 Å². The molecule has 7 heteroatoms. The molecule has 1 atom stereocenters. The largest absolute Gasteiger partial charge is 0.449 e. The van der Waals surface area contributed by atoms with Crippen molar-refractivity contribution >= 4 is 29.3 Å². The Morgan fingerprint density at radius 2 is 2.00 bits per heavy atom. The van der Waals surface area contributed by atoms with Crippen LogP contribution in [0.5, 0.6) is 0 Å². The van der Waals surface area contributed by atoms with Crippen molar-refractivity contribution in [3.8, 4) is 16.3 Å². The van der Waals surface area contributed by atoms with E-state index in [0.29, 0.717) is 0 Å². The van der Waals surface area contributed by atoms with E-state index >= 15 is 0 Å². The van der Waals surface area contributed by atoms with E-state index in [0.717, 1.165) is 21.8 Å². The third-order valence-electron chi connectivity index (χ3n) is 3.61. The molecule has 2 heterocycles. The fourth-order valence-electron chi connectivity index (χ4n) is 2.26. The van der Waals surface area contributed by atoms with Crippen LogP contribution in [0.2, 0.25) is 0 Å². The first kappa shape index (κ1) is 17.6. The average molecular weight is 367 g/mol. The van der Waals surface area contributed by atoms with Crippen molar-refractivity contribution in [2.75, 3.05) is 0 Å². The summed E-state index contributed by atoms with van der Waals surface area (Å²) >= 11 is 1.56. The zero-order valence-electron chi connectivity index (χ0n) is 14.0. The molecule has 0 saturated carbocycles. The fraction of sp³-hybridized carbons (Fsp3) is 0.105. The predicted octanol–water partition coefficient (Wildman–Crippen LogP) is 3.03. The van der Waals surface area contributed by atoms with Gasteiger partial charge in [0.2, 0.25) is 0 Å². The summed E-state index contributed by atoms with van der Waals surface area (Å²) in [6.07, 6.45) is 3.75. The summed E-state index contributed by atoms with van der Waals surface area (Å²) in [5.74, 6) is -1.33. The van der Waals surface area contributed by atoms with Gasteiger partial charge >= 0.3 is 5.97 Å². The molecule has 0 spiro atoms. The van der Waals surface area contributed by atoms with E-state index in [2.05, 4.69) is 5.10 Å². The second-order valence-electron chi connectivity index (χ2n) is 5.51. The van der Waals surface area contributed by atoms with Crippen molar-refractivity contribution in [1.29, 1.82) is 0 Å². The molecule has 0 saturated heterocycles. The number of para-hydroxylation sites is 1. The van der Waals surface area contributed by atoms with Crippen molar-refractivity contribution in [2.24, 2.45) is 5.73 Å². The fourth-order valence-corrected chi connectivity index (χ4v) is 2.99. The summed E-state index contributed by atoms with van der Waals surface area (Å²) in [4.78, 5) is 23.8. The topological polar surface area (TPSA) is 87.2 Å². The molecule has 132 valence electrons. The van der Waals surface area contributed by atoms with E-state index in [1.54, 1.807) is 22.1 Å². The quantitative estimate of drug-likeness (QED) is 0.536. The Bertz CT molecular complexity index is 930. The Morgan fingerprint density at radius 3 is 2.65 bits per heavy atom. The third kappa shape index (κ3) is 4.07. The molecule has 0 bridgehead atoms. The molecular weight excluding hydrogens is 350 g/mol. The molecule has 0 aliphatic heterocycles. The van der Waals surface area contributed by atoms with Crippen LogP contribution in [0.15, 0.2) is 60.1 Å². The number of hydrogen-bond donors (Lipinski definition) is 1. The molecule has 6 nitrogen and oxygen atoms in total. The summed E-state index contributed by atoms with van der Waals surface area (Å²) < 4.78 is 6.69. The van der Waals surface area contributed by atoms with Gasteiger partial charge in [-0.25, -0.2) is 9.48 Å². The minimum Gasteiger partial charge on any atom is -0.449 e. The highest BCUT2D eigenvalue weighted by Crippen LogP contribution is 2.28. The van der Waals surface area contributed by atoms with Crippen molar-refractivity contribution in [3.63, 3.8) is 0 Å². The van der Waals surface area contributed by atoms with Gasteiger partial charge in [-0.05, 0) is 36.6 Å². The van der Waals surface area contributed by atoms with Crippen LogP contribution >= 0.6 is 11.3 Å². The Morgan fingerprint density at radius 1 is 1.23 bits per heavy atom. The van der Waals surface area contributed by atoms with E-state index in [1.165, 1.54) is 13.0 Å². The number of aromatic nitrogens is 2. The van der Waals surface area contributed by atoms with Gasteiger partial charge in [0.15, 0.2) is 6.10 Å². The van der Waals surface area contributed by atoms with Crippen molar-refractivity contribution in [2.45, 2.75) is 13.0 Å². The van der Waals surface area contributed by atoms with Crippen molar-refractivity contribution in [1.82, 2.24) is 9.78 Å². The second kappa shape index (κ2) is 7.79. The van der Waals surface area contributed by atoms with Gasteiger partial charge in [0.25, 0.3) is 5.91 Å². The highest BCUT2D eigenvalue weighted by atomic mass is 32.1. The van der Waals surface area contributed by atoms with Crippen LogP contribution < -0.4 is 5.73 Å². The molecule has 0 radical (unpaired) electrons. The summed E-state index contributed by atoms with van der Waals surface area (Å²) in [5, 5.41) is 6.61. The Kier molecular flexibility index (Phi) is 5.28. The molecule has 1 unspecified atom stereocenters. The van der Waals surface area contributed by atoms with Crippen LogP contribution in [-0.2, 0) is 14.3 Å². The maximum Gasteiger partial charge on any atom is 0.331 e. The van der Waals surface area contributed by atoms with Gasteiger partial charge in [0.05, 0.1) is 10.6 Å². The number of amides is 1. The SMILES string of the molecule is CC(OC(=O)C=Cc1cn(-c2ccccc2)nc1-c1cccs1)C(N)=O. The normalized spacial score (nSPS) is 12.2. The van der Waals surface area contributed by atoms with Gasteiger partial charge in [0, 0.05) is 17.8 Å². The zero-order valence-corrected chi connectivity index (χ0v) is 14.8. The molecule has 2 N–H and O–H groups in total. The molecule has 26 heavy (non-hydrogen) atoms. The summed E-state index contributed by atoms with van der Waals surface area (Å²) in [6, 6.07) is 13.6. The maximum atomic E-state index is 11.9. The molecule has 1 aromatic carbocycles. The molecule has 3 aromatic rings. The van der Waals surface area contributed by atoms with Crippen molar-refractivity contribution < 1.29 is 14.3 Å². The van der Waals surface area contributed by atoms with Gasteiger partial charge in [-0.1, -0.05) is 24.3 Å². The summed E-state index contributed by atoms with van der Waals surface area (Å²) in [7, 11) is 0. The first-order valence-corrected chi connectivity index (χ1v) is 8.79. The van der Waals surface area contributed by atoms with Gasteiger partial charge in [0.1, 0.15) is 5.69 Å². The average Bonchev–Trinajstić information content (AvgIpc) is 3.30. The van der Waals surface area contributed by atoms with Crippen LogP contribution in [0, 0.1) is 0 Å². The maximum absolute atomic E-state index is 11.9. The Balaban J connectivity index is 1.90. The minimum atomic E-state index is -0.976. The number of benzene rings is 1. The number of rotatable bonds is 6. The number of thiophene rings is 1. The predicted molar refractivity (Wildman–Crippen MR) is 101 cm³/mol. The molecule has 0 aliphatic carbocycles. The van der Waals surface area contributed by atoms with Gasteiger partial charge < -0.3 is 10.5 Å². The van der Waals surface area contributed by atoms with E-state index < -0.39 is 18.0 Å². The first-order valence-electron chi connectivity index (χ1n) is 7.91. The van der Waals surface area contributed by atoms with Gasteiger partial charge in [-0.2, -0.15) is 5.10 Å². The lowest BCUT2D eigenvalue weighted by molar-refractivity contribution is -0.148. The lowest BCUT2D eigenvalue weighted by Crippen LogP contribution is -2.29. The smallest absolute Gasteiger partial charge is 0.331 e. The highest BCUT2D eigenvalue weighted by molar-refractivity contribution is 7.13. The third-order valence-corrected chi connectivity index (χ3v) is 4.49. The van der Waals surface area contributed by atoms with E-state index in [4.69, 9.17) is 10.5 Å². The number of esters is 1.